The minimum Gasteiger partial charge on any atom is -0.431 e. The van der Waals surface area contributed by atoms with Gasteiger partial charge in [0.25, 0.3) is 0 Å². The molecule has 0 aromatic carbocycles. The van der Waals surface area contributed by atoms with Crippen LogP contribution in [0.25, 0.3) is 0 Å². The van der Waals surface area contributed by atoms with E-state index in [1.54, 1.807) is 0 Å². The van der Waals surface area contributed by atoms with E-state index in [-0.39, 0.29) is 12.6 Å². The maximum Gasteiger partial charge on any atom is 0.334 e. The maximum atomic E-state index is 10.5. The standard InChI is InChI=1S/C8H14O4/c1-2-3-4-10-6-8-11-5-7(9)12-8/h8H,2-6H2,1H3. The highest BCUT2D eigenvalue weighted by Crippen LogP contribution is 2.05. The third kappa shape index (κ3) is 3.19. The van der Waals surface area contributed by atoms with Crippen molar-refractivity contribution in [1.29, 1.82) is 0 Å². The predicted octanol–water partition coefficient (Wildman–Crippen LogP) is 0.703. The molecule has 1 saturated heterocycles. The number of rotatable bonds is 5. The molecule has 0 spiro atoms. The molecule has 0 aromatic rings. The number of hydrogen-bond acceptors (Lipinski definition) is 4. The van der Waals surface area contributed by atoms with Crippen molar-refractivity contribution in [3.05, 3.63) is 0 Å². The van der Waals surface area contributed by atoms with Crippen LogP contribution in [0, 0.1) is 0 Å². The van der Waals surface area contributed by atoms with Crippen LogP contribution in [-0.4, -0.2) is 32.1 Å². The molecular weight excluding hydrogens is 160 g/mol. The van der Waals surface area contributed by atoms with Gasteiger partial charge in [0, 0.05) is 6.61 Å². The summed E-state index contributed by atoms with van der Waals surface area (Å²) >= 11 is 0. The molecule has 1 heterocycles. The van der Waals surface area contributed by atoms with Gasteiger partial charge in [-0.3, -0.25) is 0 Å². The van der Waals surface area contributed by atoms with Crippen molar-refractivity contribution in [3.8, 4) is 0 Å². The van der Waals surface area contributed by atoms with Crippen LogP contribution >= 0.6 is 0 Å². The van der Waals surface area contributed by atoms with Gasteiger partial charge in [0.15, 0.2) is 0 Å². The van der Waals surface area contributed by atoms with Crippen LogP contribution in [0.1, 0.15) is 19.8 Å². The monoisotopic (exact) mass is 174 g/mol. The minimum absolute atomic E-state index is 0.0573. The number of ether oxygens (including phenoxy) is 3. The van der Waals surface area contributed by atoms with Gasteiger partial charge in [-0.2, -0.15) is 0 Å². The zero-order chi connectivity index (χ0) is 8.81. The van der Waals surface area contributed by atoms with E-state index in [4.69, 9.17) is 14.2 Å². The summed E-state index contributed by atoms with van der Waals surface area (Å²) in [6.45, 7) is 3.21. The van der Waals surface area contributed by atoms with Crippen LogP contribution in [0.3, 0.4) is 0 Å². The first-order chi connectivity index (χ1) is 5.83. The zero-order valence-electron chi connectivity index (χ0n) is 7.25. The topological polar surface area (TPSA) is 44.8 Å². The summed E-state index contributed by atoms with van der Waals surface area (Å²) in [5.74, 6) is -0.306. The van der Waals surface area contributed by atoms with Gasteiger partial charge in [-0.1, -0.05) is 13.3 Å². The summed E-state index contributed by atoms with van der Waals surface area (Å²) in [4.78, 5) is 10.5. The molecule has 0 aromatic heterocycles. The van der Waals surface area contributed by atoms with E-state index in [9.17, 15) is 4.79 Å². The molecule has 0 N–H and O–H groups in total. The van der Waals surface area contributed by atoms with E-state index in [0.29, 0.717) is 13.2 Å². The smallest absolute Gasteiger partial charge is 0.334 e. The van der Waals surface area contributed by atoms with E-state index in [2.05, 4.69) is 6.92 Å². The van der Waals surface area contributed by atoms with Gasteiger partial charge in [0.05, 0.1) is 0 Å². The fourth-order valence-corrected chi connectivity index (χ4v) is 0.884. The van der Waals surface area contributed by atoms with Crippen molar-refractivity contribution in [2.24, 2.45) is 0 Å². The van der Waals surface area contributed by atoms with Crippen molar-refractivity contribution in [2.75, 3.05) is 19.8 Å². The predicted molar refractivity (Wildman–Crippen MR) is 41.6 cm³/mol. The van der Waals surface area contributed by atoms with E-state index >= 15 is 0 Å². The van der Waals surface area contributed by atoms with Crippen LogP contribution < -0.4 is 0 Å². The van der Waals surface area contributed by atoms with Gasteiger partial charge in [-0.05, 0) is 6.42 Å². The van der Waals surface area contributed by atoms with Crippen LogP contribution in [0.2, 0.25) is 0 Å². The van der Waals surface area contributed by atoms with E-state index in [1.165, 1.54) is 0 Å². The molecule has 0 aliphatic carbocycles. The van der Waals surface area contributed by atoms with Gasteiger partial charge in [0.1, 0.15) is 13.2 Å². The maximum absolute atomic E-state index is 10.5. The zero-order valence-corrected chi connectivity index (χ0v) is 7.25. The molecule has 0 radical (unpaired) electrons. The molecule has 12 heavy (non-hydrogen) atoms. The summed E-state index contributed by atoms with van der Waals surface area (Å²) < 4.78 is 14.9. The molecule has 0 amide bonds. The first kappa shape index (κ1) is 9.48. The molecule has 0 bridgehead atoms. The molecule has 4 heteroatoms. The molecule has 70 valence electrons. The van der Waals surface area contributed by atoms with Crippen molar-refractivity contribution in [3.63, 3.8) is 0 Å². The Hall–Kier alpha value is -0.610. The molecular formula is C8H14O4. The van der Waals surface area contributed by atoms with Gasteiger partial charge in [-0.15, -0.1) is 0 Å². The second kappa shape index (κ2) is 5.11. The van der Waals surface area contributed by atoms with Crippen molar-refractivity contribution in [2.45, 2.75) is 26.1 Å². The molecule has 1 aliphatic rings. The van der Waals surface area contributed by atoms with E-state index < -0.39 is 6.29 Å². The quantitative estimate of drug-likeness (QED) is 0.454. The highest BCUT2D eigenvalue weighted by molar-refractivity contribution is 5.72. The van der Waals surface area contributed by atoms with Crippen molar-refractivity contribution >= 4 is 5.97 Å². The fourth-order valence-electron chi connectivity index (χ4n) is 0.884. The Bertz CT molecular complexity index is 146. The number of esters is 1. The van der Waals surface area contributed by atoms with Crippen molar-refractivity contribution < 1.29 is 19.0 Å². The lowest BCUT2D eigenvalue weighted by atomic mass is 10.4. The Morgan fingerprint density at radius 1 is 1.67 bits per heavy atom. The second-order valence-electron chi connectivity index (χ2n) is 2.66. The lowest BCUT2D eigenvalue weighted by Crippen LogP contribution is -2.17. The summed E-state index contributed by atoms with van der Waals surface area (Å²) in [6, 6.07) is 0. The minimum atomic E-state index is -0.477. The van der Waals surface area contributed by atoms with Gasteiger partial charge in [-0.25, -0.2) is 4.79 Å². The summed E-state index contributed by atoms with van der Waals surface area (Å²) in [7, 11) is 0. The van der Waals surface area contributed by atoms with Gasteiger partial charge in [0.2, 0.25) is 6.29 Å². The largest absolute Gasteiger partial charge is 0.431 e. The molecule has 1 rings (SSSR count). The van der Waals surface area contributed by atoms with E-state index in [1.807, 2.05) is 0 Å². The highest BCUT2D eigenvalue weighted by atomic mass is 16.8. The number of carbonyl (C=O) groups excluding carboxylic acids is 1. The molecule has 1 unspecified atom stereocenters. The number of cyclic esters (lactones) is 1. The third-order valence-corrected chi connectivity index (χ3v) is 1.55. The Labute approximate surface area is 71.8 Å². The van der Waals surface area contributed by atoms with E-state index in [0.717, 1.165) is 12.8 Å². The average molecular weight is 174 g/mol. The molecule has 0 saturated carbocycles. The Morgan fingerprint density at radius 2 is 2.50 bits per heavy atom. The Kier molecular flexibility index (Phi) is 4.04. The number of unbranched alkanes of at least 4 members (excludes halogenated alkanes) is 1. The van der Waals surface area contributed by atoms with Crippen LogP contribution in [0.5, 0.6) is 0 Å². The summed E-state index contributed by atoms with van der Waals surface area (Å²) in [6.07, 6.45) is 1.65. The first-order valence-corrected chi connectivity index (χ1v) is 4.21. The lowest BCUT2D eigenvalue weighted by molar-refractivity contribution is -0.148. The fraction of sp³-hybridized carbons (Fsp3) is 0.875. The Morgan fingerprint density at radius 3 is 3.08 bits per heavy atom. The highest BCUT2D eigenvalue weighted by Gasteiger charge is 2.23. The lowest BCUT2D eigenvalue weighted by Gasteiger charge is -2.08. The van der Waals surface area contributed by atoms with Gasteiger partial charge >= 0.3 is 5.97 Å². The van der Waals surface area contributed by atoms with Crippen molar-refractivity contribution in [1.82, 2.24) is 0 Å². The number of hydrogen-bond donors (Lipinski definition) is 0. The molecule has 4 nitrogen and oxygen atoms in total. The second-order valence-corrected chi connectivity index (χ2v) is 2.66. The first-order valence-electron chi connectivity index (χ1n) is 4.21. The normalized spacial score (nSPS) is 22.8. The molecule has 1 aliphatic heterocycles. The molecule has 1 fully saturated rings. The Balaban J connectivity index is 1.97. The van der Waals surface area contributed by atoms with Gasteiger partial charge < -0.3 is 14.2 Å². The average Bonchev–Trinajstić information content (AvgIpc) is 2.45. The van der Waals surface area contributed by atoms with Crippen LogP contribution in [-0.2, 0) is 19.0 Å². The third-order valence-electron chi connectivity index (χ3n) is 1.55. The van der Waals surface area contributed by atoms with Crippen LogP contribution in [0.15, 0.2) is 0 Å². The number of carbonyl (C=O) groups is 1. The summed E-state index contributed by atoms with van der Waals surface area (Å²) in [5, 5.41) is 0. The molecule has 1 atom stereocenters. The summed E-state index contributed by atoms with van der Waals surface area (Å²) in [5.41, 5.74) is 0. The van der Waals surface area contributed by atoms with Crippen LogP contribution in [0.4, 0.5) is 0 Å². The SMILES string of the molecule is CCCCOCC1OCC(=O)O1.